The van der Waals surface area contributed by atoms with Crippen LogP contribution in [0.15, 0.2) is 54.6 Å². The van der Waals surface area contributed by atoms with Crippen LogP contribution >= 0.6 is 0 Å². The minimum absolute atomic E-state index is 0.201. The standard InChI is InChI=1S/C22H21N3O2/c1-23-22(17-7-3-2-4-8-17)11-13-24(14-12-22)15-16-25-20(26)18-9-5-6-10-19(18)21(25)27/h2-10H,11-16H2. The number of imide groups is 1. The van der Waals surface area contributed by atoms with E-state index < -0.39 is 5.54 Å². The van der Waals surface area contributed by atoms with Gasteiger partial charge in [0.25, 0.3) is 17.4 Å². The van der Waals surface area contributed by atoms with Gasteiger partial charge in [-0.15, -0.1) is 0 Å². The second-order valence-corrected chi connectivity index (χ2v) is 7.16. The Bertz CT molecular complexity index is 874. The van der Waals surface area contributed by atoms with Crippen molar-refractivity contribution in [2.75, 3.05) is 26.2 Å². The number of nitrogens with zero attached hydrogens (tertiary/aromatic N) is 3. The molecule has 0 radical (unpaired) electrons. The molecule has 0 saturated carbocycles. The first-order valence-electron chi connectivity index (χ1n) is 9.26. The predicted molar refractivity (Wildman–Crippen MR) is 102 cm³/mol. The highest BCUT2D eigenvalue weighted by atomic mass is 16.2. The summed E-state index contributed by atoms with van der Waals surface area (Å²) in [5, 5.41) is 0. The number of hydrogen-bond donors (Lipinski definition) is 0. The van der Waals surface area contributed by atoms with E-state index >= 15 is 0 Å². The number of carbonyl (C=O) groups is 2. The van der Waals surface area contributed by atoms with Crippen LogP contribution in [0, 0.1) is 6.57 Å². The molecular formula is C22H21N3O2. The first-order chi connectivity index (χ1) is 13.1. The normalized spacial score (nSPS) is 19.0. The van der Waals surface area contributed by atoms with Gasteiger partial charge in [-0.2, -0.15) is 0 Å². The van der Waals surface area contributed by atoms with Crippen molar-refractivity contribution in [1.29, 1.82) is 0 Å². The Morgan fingerprint density at radius 2 is 1.41 bits per heavy atom. The molecule has 0 aromatic heterocycles. The second kappa shape index (κ2) is 6.98. The van der Waals surface area contributed by atoms with Crippen molar-refractivity contribution in [1.82, 2.24) is 9.80 Å². The van der Waals surface area contributed by atoms with Crippen LogP contribution < -0.4 is 0 Å². The highest BCUT2D eigenvalue weighted by Gasteiger charge is 2.42. The molecule has 2 aromatic carbocycles. The summed E-state index contributed by atoms with van der Waals surface area (Å²) in [5.74, 6) is -0.403. The van der Waals surface area contributed by atoms with Crippen LogP contribution in [0.2, 0.25) is 0 Å². The maximum atomic E-state index is 12.5. The minimum Gasteiger partial charge on any atom is -0.305 e. The van der Waals surface area contributed by atoms with Gasteiger partial charge in [0.2, 0.25) is 0 Å². The Hall–Kier alpha value is -2.97. The van der Waals surface area contributed by atoms with E-state index in [9.17, 15) is 9.59 Å². The zero-order valence-corrected chi connectivity index (χ0v) is 15.1. The molecular weight excluding hydrogens is 338 g/mol. The average molecular weight is 359 g/mol. The van der Waals surface area contributed by atoms with Crippen molar-refractivity contribution in [2.24, 2.45) is 0 Å². The van der Waals surface area contributed by atoms with E-state index in [0.717, 1.165) is 31.5 Å². The predicted octanol–water partition coefficient (Wildman–Crippen LogP) is 3.19. The lowest BCUT2D eigenvalue weighted by Crippen LogP contribution is -2.45. The van der Waals surface area contributed by atoms with Gasteiger partial charge in [-0.3, -0.25) is 14.5 Å². The number of piperidine rings is 1. The average Bonchev–Trinajstić information content (AvgIpc) is 2.98. The summed E-state index contributed by atoms with van der Waals surface area (Å²) >= 11 is 0. The second-order valence-electron chi connectivity index (χ2n) is 7.16. The summed E-state index contributed by atoms with van der Waals surface area (Å²) in [6.07, 6.45) is 1.53. The Labute approximate surface area is 159 Å². The molecule has 1 fully saturated rings. The van der Waals surface area contributed by atoms with Gasteiger partial charge in [-0.05, 0) is 12.1 Å². The topological polar surface area (TPSA) is 45.0 Å². The van der Waals surface area contributed by atoms with E-state index in [0.29, 0.717) is 24.2 Å². The van der Waals surface area contributed by atoms with Gasteiger partial charge in [0.15, 0.2) is 0 Å². The van der Waals surface area contributed by atoms with E-state index in [1.165, 1.54) is 4.90 Å². The van der Waals surface area contributed by atoms with Crippen molar-refractivity contribution < 1.29 is 9.59 Å². The lowest BCUT2D eigenvalue weighted by molar-refractivity contribution is 0.0625. The molecule has 0 N–H and O–H groups in total. The first-order valence-corrected chi connectivity index (χ1v) is 9.26. The van der Waals surface area contributed by atoms with Crippen LogP contribution in [0.4, 0.5) is 0 Å². The largest absolute Gasteiger partial charge is 0.305 e. The van der Waals surface area contributed by atoms with Gasteiger partial charge >= 0.3 is 0 Å². The fourth-order valence-electron chi connectivity index (χ4n) is 4.04. The Morgan fingerprint density at radius 1 is 0.852 bits per heavy atom. The molecule has 0 aliphatic carbocycles. The number of amides is 2. The van der Waals surface area contributed by atoms with Crippen molar-refractivity contribution in [3.05, 3.63) is 82.7 Å². The van der Waals surface area contributed by atoms with E-state index in [2.05, 4.69) is 9.74 Å². The zero-order valence-electron chi connectivity index (χ0n) is 15.1. The Balaban J connectivity index is 1.38. The minimum atomic E-state index is -0.451. The maximum Gasteiger partial charge on any atom is 0.261 e. The Kier molecular flexibility index (Phi) is 4.51. The lowest BCUT2D eigenvalue weighted by atomic mass is 9.81. The van der Waals surface area contributed by atoms with Gasteiger partial charge in [0, 0.05) is 44.6 Å². The molecule has 5 nitrogen and oxygen atoms in total. The van der Waals surface area contributed by atoms with E-state index in [-0.39, 0.29) is 11.8 Å². The highest BCUT2D eigenvalue weighted by molar-refractivity contribution is 6.21. The first kappa shape index (κ1) is 17.4. The molecule has 0 spiro atoms. The lowest BCUT2D eigenvalue weighted by Gasteiger charge is -2.34. The molecule has 0 bridgehead atoms. The smallest absolute Gasteiger partial charge is 0.261 e. The number of hydrogen-bond acceptors (Lipinski definition) is 3. The molecule has 0 atom stereocenters. The van der Waals surface area contributed by atoms with Crippen molar-refractivity contribution in [3.63, 3.8) is 0 Å². The van der Waals surface area contributed by atoms with Crippen molar-refractivity contribution in [3.8, 4) is 0 Å². The van der Waals surface area contributed by atoms with Crippen LogP contribution in [-0.2, 0) is 5.54 Å². The molecule has 5 heteroatoms. The van der Waals surface area contributed by atoms with E-state index in [1.54, 1.807) is 24.3 Å². The number of carbonyl (C=O) groups excluding carboxylic acids is 2. The highest BCUT2D eigenvalue weighted by Crippen LogP contribution is 2.37. The summed E-state index contributed by atoms with van der Waals surface area (Å²) in [6, 6.07) is 17.0. The van der Waals surface area contributed by atoms with E-state index in [1.807, 2.05) is 30.3 Å². The maximum absolute atomic E-state index is 12.5. The van der Waals surface area contributed by atoms with Crippen molar-refractivity contribution >= 4 is 11.8 Å². The summed E-state index contributed by atoms with van der Waals surface area (Å²) in [5.41, 5.74) is 1.63. The summed E-state index contributed by atoms with van der Waals surface area (Å²) in [4.78, 5) is 32.5. The third-order valence-corrected chi connectivity index (χ3v) is 5.73. The number of benzene rings is 2. The molecule has 1 saturated heterocycles. The monoisotopic (exact) mass is 359 g/mol. The summed E-state index contributed by atoms with van der Waals surface area (Å²) in [7, 11) is 0. The van der Waals surface area contributed by atoms with Crippen LogP contribution in [0.25, 0.3) is 4.85 Å². The third-order valence-electron chi connectivity index (χ3n) is 5.73. The number of likely N-dealkylation sites (tertiary alicyclic amines) is 1. The Morgan fingerprint density at radius 3 is 1.96 bits per heavy atom. The van der Waals surface area contributed by atoms with Crippen LogP contribution in [-0.4, -0.2) is 47.8 Å². The molecule has 0 unspecified atom stereocenters. The quantitative estimate of drug-likeness (QED) is 0.622. The molecule has 2 aliphatic rings. The van der Waals surface area contributed by atoms with Crippen LogP contribution in [0.1, 0.15) is 39.1 Å². The van der Waals surface area contributed by atoms with Crippen LogP contribution in [0.5, 0.6) is 0 Å². The van der Waals surface area contributed by atoms with Gasteiger partial charge in [0.05, 0.1) is 11.1 Å². The molecule has 2 aromatic rings. The molecule has 27 heavy (non-hydrogen) atoms. The van der Waals surface area contributed by atoms with E-state index in [4.69, 9.17) is 6.57 Å². The van der Waals surface area contributed by atoms with Crippen molar-refractivity contribution in [2.45, 2.75) is 18.4 Å². The van der Waals surface area contributed by atoms with Gasteiger partial charge < -0.3 is 9.74 Å². The number of fused-ring (bicyclic) bond motifs is 1. The van der Waals surface area contributed by atoms with Gasteiger partial charge in [-0.1, -0.05) is 42.5 Å². The van der Waals surface area contributed by atoms with Gasteiger partial charge in [-0.25, -0.2) is 6.57 Å². The van der Waals surface area contributed by atoms with Crippen LogP contribution in [0.3, 0.4) is 0 Å². The summed E-state index contributed by atoms with van der Waals surface area (Å²) in [6.45, 7) is 10.3. The molecule has 136 valence electrons. The zero-order chi connectivity index (χ0) is 18.9. The number of rotatable bonds is 4. The molecule has 2 heterocycles. The molecule has 2 aliphatic heterocycles. The molecule has 4 rings (SSSR count). The fraction of sp³-hybridized carbons (Fsp3) is 0.318. The SMILES string of the molecule is [C-]#[N+]C1(c2ccccc2)CCN(CCN2C(=O)c3ccccc3C2=O)CC1. The van der Waals surface area contributed by atoms with Gasteiger partial charge in [0.1, 0.15) is 0 Å². The molecule has 2 amide bonds. The summed E-state index contributed by atoms with van der Waals surface area (Å²) < 4.78 is 0. The third kappa shape index (κ3) is 3.02. The fourth-order valence-corrected chi connectivity index (χ4v) is 4.04.